The summed E-state index contributed by atoms with van der Waals surface area (Å²) in [5.74, 6) is 0. The van der Waals surface area contributed by atoms with Crippen molar-refractivity contribution >= 4 is 188 Å². The Hall–Kier alpha value is -6.19. The second-order valence-electron chi connectivity index (χ2n) is 22.4. The normalized spacial score (nSPS) is 11.4. The molecule has 468 valence electrons. The van der Waals surface area contributed by atoms with Gasteiger partial charge in [0.1, 0.15) is 11.3 Å². The molecule has 0 saturated carbocycles. The van der Waals surface area contributed by atoms with Gasteiger partial charge in [-0.2, -0.15) is 0 Å². The minimum atomic E-state index is -3.06. The van der Waals surface area contributed by atoms with Crippen LogP contribution in [0.25, 0.3) is 166 Å². The average Bonchev–Trinajstić information content (AvgIpc) is 1.70. The van der Waals surface area contributed by atoms with Gasteiger partial charge in [0, 0.05) is 67.0 Å². The van der Waals surface area contributed by atoms with Gasteiger partial charge in [-0.3, -0.25) is 9.55 Å². The van der Waals surface area contributed by atoms with Crippen molar-refractivity contribution in [3.05, 3.63) is 304 Å². The van der Waals surface area contributed by atoms with E-state index in [-0.39, 0.29) is 28.5 Å². The first-order valence-electron chi connectivity index (χ1n) is 31.0. The first-order chi connectivity index (χ1) is 46.6. The number of fused-ring (bicyclic) bond motifs is 12. The van der Waals surface area contributed by atoms with Crippen LogP contribution in [0, 0.1) is 6.07 Å². The molecule has 8 aromatic heterocycles. The van der Waals surface area contributed by atoms with Crippen molar-refractivity contribution in [2.24, 2.45) is 0 Å². The first-order valence-corrected chi connectivity index (χ1v) is 58.3. The van der Waals surface area contributed by atoms with Gasteiger partial charge in [0.15, 0.2) is 0 Å². The Labute approximate surface area is 639 Å². The van der Waals surface area contributed by atoms with Crippen molar-refractivity contribution in [2.75, 3.05) is 0 Å². The summed E-state index contributed by atoms with van der Waals surface area (Å²) in [5, 5.41) is 9.34. The van der Waals surface area contributed by atoms with E-state index < -0.39 is 11.9 Å². The van der Waals surface area contributed by atoms with E-state index in [0.717, 1.165) is 145 Å². The van der Waals surface area contributed by atoms with Crippen LogP contribution in [0.3, 0.4) is 0 Å². The summed E-state index contributed by atoms with van der Waals surface area (Å²) in [6, 6.07) is 103. The second kappa shape index (κ2) is 30.7. The van der Waals surface area contributed by atoms with Crippen molar-refractivity contribution in [1.29, 1.82) is 0 Å². The van der Waals surface area contributed by atoms with Crippen LogP contribution < -0.4 is 4.98 Å². The van der Waals surface area contributed by atoms with Crippen molar-refractivity contribution in [1.82, 2.24) is 39.0 Å². The Morgan fingerprint density at radius 2 is 0.866 bits per heavy atom. The van der Waals surface area contributed by atoms with Gasteiger partial charge in [0.05, 0.1) is 33.6 Å². The fraction of sp³-hybridized carbons (Fsp3) is 0.0123. The molecule has 0 bridgehead atoms. The number of para-hydroxylation sites is 6. The fourth-order valence-corrected chi connectivity index (χ4v) is 12.9. The number of benzene rings is 10. The topological polar surface area (TPSA) is 91.3 Å². The zero-order valence-corrected chi connectivity index (χ0v) is 65.4. The molecule has 18 rings (SSSR count). The molecule has 0 fully saturated rings. The number of nitrogens with one attached hydrogen (secondary N) is 1. The molecule has 0 aliphatic carbocycles. The third kappa shape index (κ3) is 14.3. The van der Waals surface area contributed by atoms with Crippen LogP contribution in [0.4, 0.5) is 0 Å². The third-order valence-electron chi connectivity index (χ3n) is 17.0. The fourth-order valence-electron chi connectivity index (χ4n) is 12.9. The Kier molecular flexibility index (Phi) is 22.0. The van der Waals surface area contributed by atoms with Crippen LogP contribution in [0.1, 0.15) is 7.43 Å². The molecular formula is C81H54Cl4K2N8Pt2. The molecule has 16 heteroatoms. The first kappa shape index (κ1) is 69.3. The summed E-state index contributed by atoms with van der Waals surface area (Å²) in [6.07, 6.45) is 3.71. The van der Waals surface area contributed by atoms with Crippen LogP contribution in [0.2, 0.25) is 0 Å². The van der Waals surface area contributed by atoms with E-state index in [1.54, 1.807) is 0 Å². The van der Waals surface area contributed by atoms with Gasteiger partial charge in [-0.1, -0.05) is 202 Å². The number of pyridine rings is 4. The number of rotatable bonds is 8. The Morgan fingerprint density at radius 1 is 0.392 bits per heavy atom. The standard InChI is InChI=1S/C40H26N4.C40H24N4.CH4.4ClH.2K.2Pt/c2*1-2-11-26(12-3-1)28-24-36(42-37(25-28)34-18-9-17-32-30-15-4-6-20-35(30)43-39(32)34)27-13-8-14-29(23-27)44-38-21-7-5-16-31(38)33-19-10-22-41-40(33)44;;;;;;;;;/h1-25,43H;1-22,24-25H;1H4;4*1H;;;;/q;-2;;;;;;;;+2;+4/p-4. The molecule has 0 aliphatic rings. The monoisotopic (exact) mass is 1750 g/mol. The van der Waals surface area contributed by atoms with Gasteiger partial charge in [-0.25, -0.2) is 15.0 Å². The summed E-state index contributed by atoms with van der Waals surface area (Å²) in [4.78, 5) is 28.9. The van der Waals surface area contributed by atoms with Crippen molar-refractivity contribution in [3.63, 3.8) is 0 Å². The number of aromatic amines is 1. The number of H-pyrrole nitrogens is 1. The van der Waals surface area contributed by atoms with Gasteiger partial charge in [0.25, 0.3) is 0 Å². The van der Waals surface area contributed by atoms with E-state index in [0.29, 0.717) is 0 Å². The van der Waals surface area contributed by atoms with Gasteiger partial charge >= 0.3 is 134 Å². The third-order valence-corrected chi connectivity index (χ3v) is 17.0. The zero-order chi connectivity index (χ0) is 64.6. The van der Waals surface area contributed by atoms with Crippen LogP contribution in [0.15, 0.2) is 298 Å². The van der Waals surface area contributed by atoms with Crippen molar-refractivity contribution in [3.8, 4) is 78.7 Å². The van der Waals surface area contributed by atoms with Gasteiger partial charge in [-0.05, 0) is 123 Å². The molecule has 0 atom stereocenters. The van der Waals surface area contributed by atoms with Crippen LogP contribution in [-0.2, 0) is 33.0 Å². The second-order valence-corrected chi connectivity index (χ2v) is 42.1. The smallest absolute Gasteiger partial charge is 0.656 e. The number of nitrogens with zero attached hydrogens (tertiary/aromatic N) is 7. The minimum absolute atomic E-state index is 0. The maximum atomic E-state index is 5.32. The van der Waals surface area contributed by atoms with E-state index in [1.807, 2.05) is 36.7 Å². The maximum absolute atomic E-state index is 5.32. The predicted molar refractivity (Wildman–Crippen MR) is 404 cm³/mol. The molecule has 0 radical (unpaired) electrons. The number of hydrogen-bond acceptors (Lipinski definition) is 4. The number of aromatic nitrogens is 8. The molecule has 97 heavy (non-hydrogen) atoms. The molecule has 0 amide bonds. The summed E-state index contributed by atoms with van der Waals surface area (Å²) >= 11 is -0.556. The molecule has 0 aliphatic heterocycles. The minimum Gasteiger partial charge on any atom is -0.656 e. The van der Waals surface area contributed by atoms with E-state index >= 15 is 0 Å². The number of hydrogen-bond donors (Lipinski definition) is 1. The summed E-state index contributed by atoms with van der Waals surface area (Å²) in [5.41, 5.74) is 22.4. The molecule has 0 spiro atoms. The molecule has 8 nitrogen and oxygen atoms in total. The zero-order valence-electron chi connectivity index (χ0n) is 51.6. The van der Waals surface area contributed by atoms with Crippen LogP contribution in [0.5, 0.6) is 0 Å². The molecule has 18 aromatic rings. The molecule has 10 aromatic carbocycles. The van der Waals surface area contributed by atoms with Gasteiger partial charge < -0.3 is 14.5 Å². The van der Waals surface area contributed by atoms with E-state index in [9.17, 15) is 0 Å². The molecule has 1 N–H and O–H groups in total. The maximum Gasteiger partial charge on any atom is 2.00 e. The Balaban J connectivity index is 0.000000157. The Morgan fingerprint density at radius 3 is 1.54 bits per heavy atom. The summed E-state index contributed by atoms with van der Waals surface area (Å²) < 4.78 is 4.44. The average molecular weight is 1750 g/mol. The van der Waals surface area contributed by atoms with E-state index in [2.05, 4.69) is 281 Å². The molecule has 0 saturated heterocycles. The van der Waals surface area contributed by atoms with Crippen LogP contribution >= 0.6 is 37.7 Å². The molecule has 8 heterocycles. The largest absolute Gasteiger partial charge is 2.00 e. The Bertz CT molecular complexity index is 5410. The van der Waals surface area contributed by atoms with Crippen molar-refractivity contribution in [2.45, 2.75) is 7.43 Å². The van der Waals surface area contributed by atoms with E-state index in [1.165, 1.54) is 84.7 Å². The summed E-state index contributed by atoms with van der Waals surface area (Å²) in [7, 11) is 20.0. The van der Waals surface area contributed by atoms with Crippen molar-refractivity contribution < 1.29 is 33.0 Å². The molecule has 0 unspecified atom stereocenters. The van der Waals surface area contributed by atoms with Gasteiger partial charge in [0.2, 0.25) is 0 Å². The van der Waals surface area contributed by atoms with Gasteiger partial charge in [-0.15, -0.1) is 40.9 Å². The number of halogens is 4. The summed E-state index contributed by atoms with van der Waals surface area (Å²) in [6.45, 7) is 0. The molecular weight excluding hydrogens is 1700 g/mol. The van der Waals surface area contributed by atoms with Crippen LogP contribution in [-0.4, -0.2) is 97.2 Å². The predicted octanol–water partition coefficient (Wildman–Crippen LogP) is 22.5. The SMILES string of the molecule is C.[Cl][Pt]([Cl])([Cl])[Cl].[K][K].[Pt+2].[c-]1c(-c2cc(-c3ccccc3)cc(-c3cccc4c3[n-]c3ccccc34)n2)cccc1-n1c2ccccc2c2cccnc21.c1ccc(-c2cc(-c3cccc(-n4c5ccccc5c5cccnc54)c3)nc(-c3cccc4c3[nH]c3ccccc34)c2)cc1. The quantitative estimate of drug-likeness (QED) is 0.121. The van der Waals surface area contributed by atoms with E-state index in [4.69, 9.17) is 62.6 Å².